The van der Waals surface area contributed by atoms with Crippen molar-refractivity contribution in [2.75, 3.05) is 26.2 Å². The van der Waals surface area contributed by atoms with Crippen molar-refractivity contribution in [3.05, 3.63) is 16.1 Å². The van der Waals surface area contributed by atoms with E-state index in [4.69, 9.17) is 9.73 Å². The maximum Gasteiger partial charge on any atom is 0.407 e. The zero-order valence-electron chi connectivity index (χ0n) is 17.6. The maximum atomic E-state index is 12.0. The molecule has 7 nitrogen and oxygen atoms in total. The summed E-state index contributed by atoms with van der Waals surface area (Å²) >= 11 is 1.72. The van der Waals surface area contributed by atoms with E-state index in [9.17, 15) is 4.79 Å². The lowest BCUT2D eigenvalue weighted by molar-refractivity contribution is 0.0507. The summed E-state index contributed by atoms with van der Waals surface area (Å²) in [6, 6.07) is 0.0781. The van der Waals surface area contributed by atoms with Gasteiger partial charge < -0.3 is 20.3 Å². The topological polar surface area (TPSA) is 78.9 Å². The SMILES string of the molecule is CCNC(=NCCc1csc(CC)n1)N1CCC(NC(=O)OC(C)(C)C)C1.I. The number of guanidine groups is 1. The molecule has 2 heterocycles. The van der Waals surface area contributed by atoms with Crippen LogP contribution in [0.25, 0.3) is 0 Å². The van der Waals surface area contributed by atoms with E-state index in [1.165, 1.54) is 5.01 Å². The number of halogens is 1. The molecule has 1 fully saturated rings. The third-order valence-corrected chi connectivity index (χ3v) is 5.12. The number of alkyl carbamates (subject to hydrolysis) is 1. The summed E-state index contributed by atoms with van der Waals surface area (Å²) in [5.74, 6) is 0.900. The number of carbonyl (C=O) groups excluding carboxylic acids is 1. The van der Waals surface area contributed by atoms with Crippen molar-refractivity contribution in [2.45, 2.75) is 65.5 Å². The fraction of sp³-hybridized carbons (Fsp3) is 0.737. The van der Waals surface area contributed by atoms with Crippen molar-refractivity contribution in [3.63, 3.8) is 0 Å². The average molecular weight is 523 g/mol. The number of aromatic nitrogens is 1. The van der Waals surface area contributed by atoms with Crippen LogP contribution in [0.2, 0.25) is 0 Å². The summed E-state index contributed by atoms with van der Waals surface area (Å²) in [6.07, 6.45) is 2.36. The Balaban J connectivity index is 0.00000392. The Kier molecular flexibility index (Phi) is 10.5. The Morgan fingerprint density at radius 1 is 1.43 bits per heavy atom. The minimum absolute atomic E-state index is 0. The van der Waals surface area contributed by atoms with Gasteiger partial charge in [-0.3, -0.25) is 4.99 Å². The van der Waals surface area contributed by atoms with Gasteiger partial charge in [-0.2, -0.15) is 0 Å². The Morgan fingerprint density at radius 3 is 2.79 bits per heavy atom. The van der Waals surface area contributed by atoms with Gasteiger partial charge >= 0.3 is 6.09 Å². The summed E-state index contributed by atoms with van der Waals surface area (Å²) in [5, 5.41) is 9.61. The van der Waals surface area contributed by atoms with Gasteiger partial charge in [-0.1, -0.05) is 6.92 Å². The van der Waals surface area contributed by atoms with E-state index in [0.717, 1.165) is 50.6 Å². The Labute approximate surface area is 189 Å². The number of ether oxygens (including phenoxy) is 1. The normalized spacial score (nSPS) is 17.2. The smallest absolute Gasteiger partial charge is 0.407 e. The van der Waals surface area contributed by atoms with Crippen molar-refractivity contribution in [3.8, 4) is 0 Å². The van der Waals surface area contributed by atoms with Crippen molar-refractivity contribution in [1.29, 1.82) is 0 Å². The molecule has 0 bridgehead atoms. The van der Waals surface area contributed by atoms with E-state index in [-0.39, 0.29) is 36.1 Å². The van der Waals surface area contributed by atoms with Crippen LogP contribution >= 0.6 is 35.3 Å². The number of amides is 1. The van der Waals surface area contributed by atoms with Crippen LogP contribution in [0, 0.1) is 0 Å². The highest BCUT2D eigenvalue weighted by molar-refractivity contribution is 14.0. The highest BCUT2D eigenvalue weighted by Crippen LogP contribution is 2.13. The molecule has 1 aliphatic heterocycles. The summed E-state index contributed by atoms with van der Waals surface area (Å²) in [7, 11) is 0. The number of thiazole rings is 1. The molecule has 1 aromatic rings. The molecule has 0 aromatic carbocycles. The molecule has 2 N–H and O–H groups in total. The van der Waals surface area contributed by atoms with E-state index in [0.29, 0.717) is 6.54 Å². The van der Waals surface area contributed by atoms with E-state index in [1.807, 2.05) is 20.8 Å². The highest BCUT2D eigenvalue weighted by atomic mass is 127. The molecule has 1 aliphatic rings. The van der Waals surface area contributed by atoms with Crippen LogP contribution in [0.5, 0.6) is 0 Å². The molecule has 0 radical (unpaired) electrons. The van der Waals surface area contributed by atoms with Crippen molar-refractivity contribution in [2.24, 2.45) is 4.99 Å². The molecule has 28 heavy (non-hydrogen) atoms. The molecular weight excluding hydrogens is 489 g/mol. The summed E-state index contributed by atoms with van der Waals surface area (Å²) in [4.78, 5) is 23.5. The minimum atomic E-state index is -0.480. The standard InChI is InChI=1S/C19H33N5O2S.HI/c1-6-16-22-15(13-27-16)8-10-21-17(20-7-2)24-11-9-14(12-24)23-18(25)26-19(3,4)5;/h13-14H,6-12H2,1-5H3,(H,20,21)(H,23,25);1H. The van der Waals surface area contributed by atoms with Crippen LogP contribution in [-0.4, -0.2) is 59.8 Å². The lowest BCUT2D eigenvalue weighted by Gasteiger charge is -2.23. The first-order valence-electron chi connectivity index (χ1n) is 9.76. The molecule has 1 unspecified atom stereocenters. The predicted molar refractivity (Wildman–Crippen MR) is 126 cm³/mol. The van der Waals surface area contributed by atoms with Gasteiger partial charge in [0, 0.05) is 38.0 Å². The van der Waals surface area contributed by atoms with Gasteiger partial charge in [0.1, 0.15) is 5.60 Å². The first kappa shape index (κ1) is 24.9. The fourth-order valence-corrected chi connectivity index (χ4v) is 3.65. The summed E-state index contributed by atoms with van der Waals surface area (Å²) < 4.78 is 5.35. The Bertz CT molecular complexity index is 645. The quantitative estimate of drug-likeness (QED) is 0.340. The van der Waals surface area contributed by atoms with Crippen LogP contribution in [-0.2, 0) is 17.6 Å². The number of rotatable bonds is 6. The van der Waals surface area contributed by atoms with Gasteiger partial charge in [0.25, 0.3) is 0 Å². The first-order valence-corrected chi connectivity index (χ1v) is 10.6. The third kappa shape index (κ3) is 8.50. The van der Waals surface area contributed by atoms with Crippen molar-refractivity contribution >= 4 is 47.4 Å². The molecule has 160 valence electrons. The molecule has 1 aromatic heterocycles. The lowest BCUT2D eigenvalue weighted by atomic mass is 10.2. The molecule has 2 rings (SSSR count). The number of aliphatic imine (C=N–C) groups is 1. The van der Waals surface area contributed by atoms with Gasteiger partial charge in [0.05, 0.1) is 16.7 Å². The molecule has 0 spiro atoms. The van der Waals surface area contributed by atoms with Gasteiger partial charge in [-0.25, -0.2) is 9.78 Å². The van der Waals surface area contributed by atoms with Crippen molar-refractivity contribution < 1.29 is 9.53 Å². The Morgan fingerprint density at radius 2 is 2.18 bits per heavy atom. The number of nitrogens with one attached hydrogen (secondary N) is 2. The second-order valence-electron chi connectivity index (χ2n) is 7.65. The van der Waals surface area contributed by atoms with Crippen LogP contribution in [0.3, 0.4) is 0 Å². The van der Waals surface area contributed by atoms with Crippen LogP contribution in [0.1, 0.15) is 51.7 Å². The summed E-state index contributed by atoms with van der Waals surface area (Å²) in [6.45, 7) is 12.9. The van der Waals surface area contributed by atoms with Crippen LogP contribution in [0.15, 0.2) is 10.4 Å². The molecule has 1 saturated heterocycles. The molecule has 9 heteroatoms. The molecule has 0 aliphatic carbocycles. The fourth-order valence-electron chi connectivity index (χ4n) is 2.87. The van der Waals surface area contributed by atoms with E-state index in [2.05, 4.69) is 39.7 Å². The molecule has 1 atom stereocenters. The molecule has 1 amide bonds. The monoisotopic (exact) mass is 523 g/mol. The van der Waals surface area contributed by atoms with Gasteiger partial charge in [0.2, 0.25) is 0 Å². The lowest BCUT2D eigenvalue weighted by Crippen LogP contribution is -2.44. The number of hydrogen-bond donors (Lipinski definition) is 2. The van der Waals surface area contributed by atoms with E-state index >= 15 is 0 Å². The number of likely N-dealkylation sites (tertiary alicyclic amines) is 1. The van der Waals surface area contributed by atoms with Crippen molar-refractivity contribution in [1.82, 2.24) is 20.5 Å². The zero-order valence-corrected chi connectivity index (χ0v) is 20.7. The van der Waals surface area contributed by atoms with E-state index in [1.54, 1.807) is 11.3 Å². The van der Waals surface area contributed by atoms with Gasteiger partial charge in [0.15, 0.2) is 5.96 Å². The maximum absolute atomic E-state index is 12.0. The minimum Gasteiger partial charge on any atom is -0.444 e. The molecule has 0 saturated carbocycles. The second kappa shape index (κ2) is 11.8. The van der Waals surface area contributed by atoms with E-state index < -0.39 is 5.60 Å². The van der Waals surface area contributed by atoms with Crippen LogP contribution < -0.4 is 10.6 Å². The third-order valence-electron chi connectivity index (χ3n) is 4.07. The number of carbonyl (C=O) groups is 1. The van der Waals surface area contributed by atoms with Crippen LogP contribution in [0.4, 0.5) is 4.79 Å². The second-order valence-corrected chi connectivity index (χ2v) is 8.59. The van der Waals surface area contributed by atoms with Gasteiger partial charge in [-0.15, -0.1) is 35.3 Å². The number of aryl methyl sites for hydroxylation is 1. The number of nitrogens with zero attached hydrogens (tertiary/aromatic N) is 3. The Hall–Kier alpha value is -1.10. The largest absolute Gasteiger partial charge is 0.444 e. The zero-order chi connectivity index (χ0) is 19.9. The first-order chi connectivity index (χ1) is 12.8. The predicted octanol–water partition coefficient (Wildman–Crippen LogP) is 3.43. The average Bonchev–Trinajstić information content (AvgIpc) is 3.21. The number of hydrogen-bond acceptors (Lipinski definition) is 5. The highest BCUT2D eigenvalue weighted by Gasteiger charge is 2.27. The summed E-state index contributed by atoms with van der Waals surface area (Å²) in [5.41, 5.74) is 0.633. The molecular formula is C19H34IN5O2S. The van der Waals surface area contributed by atoms with Gasteiger partial charge in [-0.05, 0) is 40.5 Å².